The predicted molar refractivity (Wildman–Crippen MR) is 129 cm³/mol. The van der Waals surface area contributed by atoms with Gasteiger partial charge >= 0.3 is 0 Å². The van der Waals surface area contributed by atoms with Crippen LogP contribution < -0.4 is 0 Å². The van der Waals surface area contributed by atoms with Gasteiger partial charge in [-0.1, -0.05) is 78.9 Å². The van der Waals surface area contributed by atoms with E-state index in [1.165, 1.54) is 5.39 Å². The monoisotopic (exact) mass is 440 g/mol. The van der Waals surface area contributed by atoms with Crippen molar-refractivity contribution in [2.24, 2.45) is 0 Å². The van der Waals surface area contributed by atoms with Gasteiger partial charge in [0.05, 0.1) is 5.38 Å². The third kappa shape index (κ3) is 2.67. The first-order valence-corrected chi connectivity index (χ1v) is 11.2. The molecule has 31 heavy (non-hydrogen) atoms. The number of benzene rings is 4. The van der Waals surface area contributed by atoms with Crippen LogP contribution in [0.5, 0.6) is 0 Å². The van der Waals surface area contributed by atoms with E-state index >= 15 is 0 Å². The molecule has 2 aliphatic rings. The van der Waals surface area contributed by atoms with Crippen molar-refractivity contribution in [2.75, 3.05) is 0 Å². The Labute approximate surface area is 190 Å². The van der Waals surface area contributed by atoms with Crippen LogP contribution in [0.25, 0.3) is 21.5 Å². The molecule has 3 heteroatoms. The summed E-state index contributed by atoms with van der Waals surface area (Å²) < 4.78 is 0. The van der Waals surface area contributed by atoms with Gasteiger partial charge in [-0.05, 0) is 56.8 Å². The van der Waals surface area contributed by atoms with E-state index in [9.17, 15) is 4.79 Å². The average molecular weight is 441 g/mol. The highest BCUT2D eigenvalue weighted by Crippen LogP contribution is 2.52. The first-order valence-electron chi connectivity index (χ1n) is 10.4. The number of hydrogen-bond donors (Lipinski definition) is 0. The molecule has 0 amide bonds. The Bertz CT molecular complexity index is 1460. The normalized spacial score (nSPS) is 22.6. The summed E-state index contributed by atoms with van der Waals surface area (Å²) in [5.74, 6) is -0.0281. The quantitative estimate of drug-likeness (QED) is 0.223. The summed E-state index contributed by atoms with van der Waals surface area (Å²) in [5.41, 5.74) is 4.19. The van der Waals surface area contributed by atoms with E-state index in [1.54, 1.807) is 0 Å². The van der Waals surface area contributed by atoms with Gasteiger partial charge in [0.2, 0.25) is 0 Å². The van der Waals surface area contributed by atoms with E-state index in [-0.39, 0.29) is 5.78 Å². The lowest BCUT2D eigenvalue weighted by Crippen LogP contribution is -2.40. The van der Waals surface area contributed by atoms with Crippen LogP contribution in [0.2, 0.25) is 0 Å². The molecule has 4 aromatic rings. The number of rotatable bonds is 1. The number of alkyl halides is 2. The lowest BCUT2D eigenvalue weighted by Gasteiger charge is -2.39. The number of halogens is 2. The molecule has 1 nitrogen and oxygen atoms in total. The molecule has 0 heterocycles. The van der Waals surface area contributed by atoms with Crippen molar-refractivity contribution < 1.29 is 4.79 Å². The number of carbonyl (C=O) groups excluding carboxylic acids is 1. The number of hydrogen-bond acceptors (Lipinski definition) is 1. The lowest BCUT2D eigenvalue weighted by molar-refractivity contribution is 0.102. The topological polar surface area (TPSA) is 17.1 Å². The zero-order valence-electron chi connectivity index (χ0n) is 16.6. The summed E-state index contributed by atoms with van der Waals surface area (Å²) in [6.07, 6.45) is 4.58. The van der Waals surface area contributed by atoms with Crippen LogP contribution >= 0.6 is 23.2 Å². The Hall–Kier alpha value is -2.87. The first-order chi connectivity index (χ1) is 15.1. The van der Waals surface area contributed by atoms with E-state index in [4.69, 9.17) is 23.2 Å². The second-order valence-corrected chi connectivity index (χ2v) is 9.33. The highest BCUT2D eigenvalue weighted by atomic mass is 35.5. The summed E-state index contributed by atoms with van der Waals surface area (Å²) in [5, 5.41) is 3.87. The van der Waals surface area contributed by atoms with Gasteiger partial charge in [0.25, 0.3) is 0 Å². The predicted octanol–water partition coefficient (Wildman–Crippen LogP) is 7.34. The van der Waals surface area contributed by atoms with Crippen molar-refractivity contribution in [2.45, 2.75) is 16.7 Å². The van der Waals surface area contributed by atoms with Crippen LogP contribution in [0.3, 0.4) is 0 Å². The van der Waals surface area contributed by atoms with E-state index in [0.717, 1.165) is 38.4 Å². The second-order valence-electron chi connectivity index (χ2n) is 8.26. The molecular weight excluding hydrogens is 423 g/mol. The largest absolute Gasteiger partial charge is 0.289 e. The molecule has 0 aromatic heterocycles. The minimum absolute atomic E-state index is 0.0281. The molecule has 0 aliphatic heterocycles. The van der Waals surface area contributed by atoms with Crippen LogP contribution in [-0.2, 0) is 11.3 Å². The molecule has 0 bridgehead atoms. The minimum atomic E-state index is -1.14. The smallest absolute Gasteiger partial charge is 0.191 e. The third-order valence-corrected chi connectivity index (χ3v) is 7.75. The number of carbonyl (C=O) groups is 1. The van der Waals surface area contributed by atoms with Crippen LogP contribution in [-0.4, -0.2) is 11.2 Å². The van der Waals surface area contributed by atoms with Gasteiger partial charge in [-0.15, -0.1) is 23.2 Å². The first kappa shape index (κ1) is 18.9. The van der Waals surface area contributed by atoms with Crippen LogP contribution in [0, 0.1) is 0 Å². The minimum Gasteiger partial charge on any atom is -0.289 e. The maximum atomic E-state index is 13.7. The van der Waals surface area contributed by atoms with Crippen molar-refractivity contribution >= 4 is 50.5 Å². The molecule has 0 N–H and O–H groups in total. The van der Waals surface area contributed by atoms with Gasteiger partial charge in [-0.3, -0.25) is 4.79 Å². The Morgan fingerprint density at radius 3 is 2.39 bits per heavy atom. The highest BCUT2D eigenvalue weighted by Gasteiger charge is 2.48. The molecule has 6 rings (SSSR count). The molecule has 0 spiro atoms. The van der Waals surface area contributed by atoms with Gasteiger partial charge in [0.15, 0.2) is 5.78 Å². The fourth-order valence-corrected chi connectivity index (χ4v) is 5.79. The molecule has 4 aromatic carbocycles. The number of Topliss-reactive ketones (excluding diaryl/α,β-unsaturated/α-hetero) is 1. The van der Waals surface area contributed by atoms with Gasteiger partial charge in [0, 0.05) is 11.1 Å². The Balaban J connectivity index is 1.64. The molecule has 2 unspecified atom stereocenters. The maximum absolute atomic E-state index is 13.7. The number of fused-ring (bicyclic) bond motifs is 3. The lowest BCUT2D eigenvalue weighted by atomic mass is 9.71. The van der Waals surface area contributed by atoms with Crippen LogP contribution in [0.4, 0.5) is 0 Å². The standard InChI is InChI=1S/C28H18Cl2O/c29-25-13-12-21-15-19-8-3-4-10-22(19)27(31)26(21)28(25,30)24-11-5-9-20-14-17-6-1-2-7-18(17)16-23(20)24/h1-14,16,25H,15H2. The Morgan fingerprint density at radius 1 is 0.839 bits per heavy atom. The van der Waals surface area contributed by atoms with E-state index < -0.39 is 10.3 Å². The van der Waals surface area contributed by atoms with Gasteiger partial charge in [-0.2, -0.15) is 0 Å². The number of allylic oxidation sites excluding steroid dienone is 4. The summed E-state index contributed by atoms with van der Waals surface area (Å²) in [7, 11) is 0. The third-order valence-electron chi connectivity index (χ3n) is 6.54. The molecule has 2 atom stereocenters. The van der Waals surface area contributed by atoms with Crippen molar-refractivity contribution in [3.05, 3.63) is 119 Å². The summed E-state index contributed by atoms with van der Waals surface area (Å²) in [6.45, 7) is 0. The van der Waals surface area contributed by atoms with Crippen molar-refractivity contribution in [3.63, 3.8) is 0 Å². The summed E-state index contributed by atoms with van der Waals surface area (Å²) in [4.78, 5) is 12.6. The Morgan fingerprint density at radius 2 is 1.55 bits per heavy atom. The van der Waals surface area contributed by atoms with E-state index in [2.05, 4.69) is 30.3 Å². The van der Waals surface area contributed by atoms with Gasteiger partial charge in [-0.25, -0.2) is 0 Å². The molecule has 0 saturated carbocycles. The zero-order chi connectivity index (χ0) is 21.2. The summed E-state index contributed by atoms with van der Waals surface area (Å²) in [6, 6.07) is 26.5. The van der Waals surface area contributed by atoms with Gasteiger partial charge < -0.3 is 0 Å². The molecular formula is C28H18Cl2O. The Kier molecular flexibility index (Phi) is 4.15. The van der Waals surface area contributed by atoms with Crippen LogP contribution in [0.15, 0.2) is 102 Å². The highest BCUT2D eigenvalue weighted by molar-refractivity contribution is 6.39. The molecule has 0 saturated heterocycles. The van der Waals surface area contributed by atoms with E-state index in [1.807, 2.05) is 60.7 Å². The molecule has 2 aliphatic carbocycles. The zero-order valence-corrected chi connectivity index (χ0v) is 18.1. The fraction of sp³-hybridized carbons (Fsp3) is 0.107. The number of ketones is 1. The molecule has 0 radical (unpaired) electrons. The van der Waals surface area contributed by atoms with Gasteiger partial charge in [0.1, 0.15) is 4.87 Å². The van der Waals surface area contributed by atoms with Crippen molar-refractivity contribution in [1.29, 1.82) is 0 Å². The summed E-state index contributed by atoms with van der Waals surface area (Å²) >= 11 is 14.3. The molecule has 0 fully saturated rings. The average Bonchev–Trinajstić information content (AvgIpc) is 2.80. The molecule has 150 valence electrons. The van der Waals surface area contributed by atoms with Crippen molar-refractivity contribution in [3.8, 4) is 0 Å². The van der Waals surface area contributed by atoms with Crippen LogP contribution in [0.1, 0.15) is 21.5 Å². The maximum Gasteiger partial charge on any atom is 0.191 e. The SMILES string of the molecule is O=C1C2=C(C=CC(Cl)C2(Cl)c2cccc3cc4ccccc4cc23)Cc2ccccc21. The van der Waals surface area contributed by atoms with Crippen molar-refractivity contribution in [1.82, 2.24) is 0 Å². The van der Waals surface area contributed by atoms with E-state index in [0.29, 0.717) is 12.0 Å². The fourth-order valence-electron chi connectivity index (χ4n) is 5.05. The second kappa shape index (κ2) is 6.82.